The van der Waals surface area contributed by atoms with Crippen LogP contribution in [0.2, 0.25) is 0 Å². The van der Waals surface area contributed by atoms with Gasteiger partial charge in [0.05, 0.1) is 34.9 Å². The predicted molar refractivity (Wildman–Crippen MR) is 145 cm³/mol. The third-order valence-electron chi connectivity index (χ3n) is 7.92. The van der Waals surface area contributed by atoms with Gasteiger partial charge in [-0.1, -0.05) is 19.9 Å². The van der Waals surface area contributed by atoms with Crippen LogP contribution in [0.3, 0.4) is 0 Å². The molecule has 0 spiro atoms. The summed E-state index contributed by atoms with van der Waals surface area (Å²) in [4.78, 5) is 14.5. The fourth-order valence-electron chi connectivity index (χ4n) is 6.13. The van der Waals surface area contributed by atoms with Gasteiger partial charge in [-0.25, -0.2) is 0 Å². The van der Waals surface area contributed by atoms with E-state index in [0.717, 1.165) is 56.0 Å². The number of ether oxygens (including phenoxy) is 4. The molecule has 7 nitrogen and oxygen atoms in total. The third-order valence-corrected chi connectivity index (χ3v) is 7.92. The Morgan fingerprint density at radius 1 is 0.973 bits per heavy atom. The number of hydrogen-bond donors (Lipinski definition) is 1. The van der Waals surface area contributed by atoms with E-state index in [0.29, 0.717) is 5.75 Å². The average Bonchev–Trinajstić information content (AvgIpc) is 2.88. The average molecular weight is 514 g/mol. The highest BCUT2D eigenvalue weighted by Gasteiger charge is 2.46. The van der Waals surface area contributed by atoms with Crippen LogP contribution in [0.25, 0.3) is 0 Å². The number of rotatable bonds is 13. The molecular weight excluding hydrogens is 470 g/mol. The van der Waals surface area contributed by atoms with Gasteiger partial charge in [-0.05, 0) is 97.5 Å². The fraction of sp³-hybridized carbons (Fsp3) is 0.567. The second-order valence-electron chi connectivity index (χ2n) is 10.6. The van der Waals surface area contributed by atoms with Crippen molar-refractivity contribution in [2.45, 2.75) is 51.9 Å². The van der Waals surface area contributed by atoms with E-state index in [1.165, 1.54) is 16.7 Å². The summed E-state index contributed by atoms with van der Waals surface area (Å²) in [5.74, 6) is 2.55. The summed E-state index contributed by atoms with van der Waals surface area (Å²) in [6.45, 7) is 6.10. The van der Waals surface area contributed by atoms with Gasteiger partial charge in [0, 0.05) is 6.54 Å². The Labute approximate surface area is 221 Å². The summed E-state index contributed by atoms with van der Waals surface area (Å²) in [5, 5.41) is 9.99. The van der Waals surface area contributed by atoms with Crippen LogP contribution in [0.5, 0.6) is 23.0 Å². The molecule has 0 aromatic heterocycles. The van der Waals surface area contributed by atoms with Crippen molar-refractivity contribution in [3.63, 3.8) is 0 Å². The molecule has 0 bridgehead atoms. The first-order valence-corrected chi connectivity index (χ1v) is 13.0. The second kappa shape index (κ2) is 12.5. The number of carbonyl (C=O) groups is 1. The van der Waals surface area contributed by atoms with Gasteiger partial charge >= 0.3 is 5.97 Å². The molecule has 0 saturated heterocycles. The standard InChI is InChI=1S/C30H43NO6/c1-20(2)29-23-18-27(37-7)26(36-6)17-22(23)10-12-30(29,19-28(32)33)13-15-31(3)14-11-21-8-9-24(34-4)25(16-21)35-5/h8-9,16-18,20,29H,10-15,19H2,1-7H3,(H,32,33)/t29-,30+/m0/s1. The minimum atomic E-state index is -0.734. The molecule has 0 saturated carbocycles. The minimum absolute atomic E-state index is 0.117. The van der Waals surface area contributed by atoms with Crippen molar-refractivity contribution in [1.82, 2.24) is 4.90 Å². The summed E-state index contributed by atoms with van der Waals surface area (Å²) < 4.78 is 22.0. The van der Waals surface area contributed by atoms with E-state index in [1.807, 2.05) is 12.1 Å². The van der Waals surface area contributed by atoms with E-state index in [-0.39, 0.29) is 23.7 Å². The predicted octanol–water partition coefficient (Wildman–Crippen LogP) is 5.43. The summed E-state index contributed by atoms with van der Waals surface area (Å²) in [6, 6.07) is 10.2. The number of carboxylic acids is 1. The van der Waals surface area contributed by atoms with Crippen LogP contribution in [-0.4, -0.2) is 64.6 Å². The Hall–Kier alpha value is -2.93. The number of methoxy groups -OCH3 is 4. The van der Waals surface area contributed by atoms with Crippen molar-refractivity contribution >= 4 is 5.97 Å². The van der Waals surface area contributed by atoms with Crippen LogP contribution in [0.15, 0.2) is 30.3 Å². The van der Waals surface area contributed by atoms with Crippen molar-refractivity contribution in [1.29, 1.82) is 0 Å². The summed E-state index contributed by atoms with van der Waals surface area (Å²) >= 11 is 0. The maximum Gasteiger partial charge on any atom is 0.303 e. The molecule has 1 N–H and O–H groups in total. The van der Waals surface area contributed by atoms with E-state index in [2.05, 4.69) is 44.0 Å². The highest BCUT2D eigenvalue weighted by molar-refractivity contribution is 5.68. The molecule has 7 heteroatoms. The molecule has 0 unspecified atom stereocenters. The van der Waals surface area contributed by atoms with Crippen LogP contribution < -0.4 is 18.9 Å². The van der Waals surface area contributed by atoms with E-state index in [9.17, 15) is 9.90 Å². The van der Waals surface area contributed by atoms with E-state index >= 15 is 0 Å². The van der Waals surface area contributed by atoms with Gasteiger partial charge in [-0.15, -0.1) is 0 Å². The zero-order valence-corrected chi connectivity index (χ0v) is 23.4. The molecular formula is C30H43NO6. The van der Waals surface area contributed by atoms with E-state index in [1.54, 1.807) is 28.4 Å². The number of aryl methyl sites for hydroxylation is 1. The molecule has 0 fully saturated rings. The number of likely N-dealkylation sites (N-methyl/N-ethyl adjacent to an activating group) is 1. The number of benzene rings is 2. The molecule has 0 amide bonds. The first kappa shape index (κ1) is 28.6. The Balaban J connectivity index is 1.80. The van der Waals surface area contributed by atoms with Crippen molar-refractivity contribution in [2.75, 3.05) is 48.6 Å². The Morgan fingerprint density at radius 3 is 2.19 bits per heavy atom. The molecule has 2 atom stereocenters. The lowest BCUT2D eigenvalue weighted by molar-refractivity contribution is -0.141. The molecule has 2 aromatic rings. The van der Waals surface area contributed by atoms with Crippen molar-refractivity contribution in [3.8, 4) is 23.0 Å². The molecule has 37 heavy (non-hydrogen) atoms. The first-order chi connectivity index (χ1) is 17.7. The molecule has 2 aromatic carbocycles. The Bertz CT molecular complexity index is 1070. The number of carboxylic acid groups (broad SMARTS) is 1. The zero-order valence-electron chi connectivity index (χ0n) is 23.4. The van der Waals surface area contributed by atoms with Crippen molar-refractivity contribution in [2.24, 2.45) is 11.3 Å². The van der Waals surface area contributed by atoms with Crippen LogP contribution in [0.1, 0.15) is 55.7 Å². The van der Waals surface area contributed by atoms with Gasteiger partial charge in [0.2, 0.25) is 0 Å². The second-order valence-corrected chi connectivity index (χ2v) is 10.6. The molecule has 0 aliphatic heterocycles. The van der Waals surface area contributed by atoms with Crippen LogP contribution >= 0.6 is 0 Å². The highest BCUT2D eigenvalue weighted by Crippen LogP contribution is 2.55. The molecule has 1 aliphatic carbocycles. The first-order valence-electron chi connectivity index (χ1n) is 13.0. The quantitative estimate of drug-likeness (QED) is 0.383. The van der Waals surface area contributed by atoms with Gasteiger partial charge in [-0.2, -0.15) is 0 Å². The van der Waals surface area contributed by atoms with Gasteiger partial charge < -0.3 is 29.0 Å². The Morgan fingerprint density at radius 2 is 1.59 bits per heavy atom. The number of hydrogen-bond acceptors (Lipinski definition) is 6. The molecule has 204 valence electrons. The van der Waals surface area contributed by atoms with Gasteiger partial charge in [0.1, 0.15) is 0 Å². The zero-order chi connectivity index (χ0) is 27.2. The van der Waals surface area contributed by atoms with Crippen LogP contribution in [0.4, 0.5) is 0 Å². The van der Waals surface area contributed by atoms with Crippen LogP contribution in [0, 0.1) is 11.3 Å². The smallest absolute Gasteiger partial charge is 0.303 e. The van der Waals surface area contributed by atoms with Crippen molar-refractivity contribution < 1.29 is 28.8 Å². The topological polar surface area (TPSA) is 77.5 Å². The maximum atomic E-state index is 12.2. The molecule has 1 aliphatic rings. The monoisotopic (exact) mass is 513 g/mol. The third kappa shape index (κ3) is 6.50. The summed E-state index contributed by atoms with van der Waals surface area (Å²) in [7, 11) is 8.70. The summed E-state index contributed by atoms with van der Waals surface area (Å²) in [6.07, 6.45) is 3.53. The molecule has 0 radical (unpaired) electrons. The Kier molecular flexibility index (Phi) is 9.71. The molecule has 3 rings (SSSR count). The van der Waals surface area contributed by atoms with Crippen LogP contribution in [-0.2, 0) is 17.6 Å². The minimum Gasteiger partial charge on any atom is -0.493 e. The van der Waals surface area contributed by atoms with Gasteiger partial charge in [0.15, 0.2) is 23.0 Å². The lowest BCUT2D eigenvalue weighted by atomic mass is 9.57. The summed E-state index contributed by atoms with van der Waals surface area (Å²) in [5.41, 5.74) is 3.29. The maximum absolute atomic E-state index is 12.2. The SMILES string of the molecule is COc1ccc(CCN(C)CC[C@@]2(CC(=O)O)CCc3cc(OC)c(OC)cc3[C@@H]2C(C)C)cc1OC. The highest BCUT2D eigenvalue weighted by atomic mass is 16.5. The lowest BCUT2D eigenvalue weighted by Crippen LogP contribution is -2.41. The fourth-order valence-corrected chi connectivity index (χ4v) is 6.13. The van der Waals surface area contributed by atoms with E-state index in [4.69, 9.17) is 18.9 Å². The molecule has 0 heterocycles. The normalized spacial score (nSPS) is 19.0. The number of aliphatic carboxylic acids is 1. The van der Waals surface area contributed by atoms with Gasteiger partial charge in [0.25, 0.3) is 0 Å². The van der Waals surface area contributed by atoms with E-state index < -0.39 is 5.97 Å². The van der Waals surface area contributed by atoms with Gasteiger partial charge in [-0.3, -0.25) is 4.79 Å². The number of nitrogens with zero attached hydrogens (tertiary/aromatic N) is 1. The number of fused-ring (bicyclic) bond motifs is 1. The largest absolute Gasteiger partial charge is 0.493 e. The van der Waals surface area contributed by atoms with Crippen molar-refractivity contribution in [3.05, 3.63) is 47.0 Å². The lowest BCUT2D eigenvalue weighted by Gasteiger charge is -2.47.